The first-order valence-corrected chi connectivity index (χ1v) is 4.17. The summed E-state index contributed by atoms with van der Waals surface area (Å²) in [6, 6.07) is 0. The lowest BCUT2D eigenvalue weighted by Gasteiger charge is -2.30. The summed E-state index contributed by atoms with van der Waals surface area (Å²) >= 11 is 0. The van der Waals surface area contributed by atoms with E-state index in [1.165, 1.54) is 0 Å². The van der Waals surface area contributed by atoms with Gasteiger partial charge in [0.2, 0.25) is 0 Å². The number of hydrogen-bond acceptors (Lipinski definition) is 3. The van der Waals surface area contributed by atoms with Crippen LogP contribution in [0.3, 0.4) is 0 Å². The van der Waals surface area contributed by atoms with E-state index in [2.05, 4.69) is 6.58 Å². The fourth-order valence-electron chi connectivity index (χ4n) is 1.24. The minimum Gasteiger partial charge on any atom is -0.465 e. The van der Waals surface area contributed by atoms with Crippen molar-refractivity contribution in [2.24, 2.45) is 5.41 Å². The SMILES string of the molecule is C=C1C(=O)OC(C(C)(C)C)N1C(=O)O. The molecular formula is C9H13NO4. The number of amides is 1. The predicted molar refractivity (Wildman–Crippen MR) is 48.3 cm³/mol. The van der Waals surface area contributed by atoms with Crippen LogP contribution in [-0.2, 0) is 9.53 Å². The lowest BCUT2D eigenvalue weighted by Crippen LogP contribution is -2.42. The van der Waals surface area contributed by atoms with E-state index in [0.29, 0.717) is 0 Å². The number of carbonyl (C=O) groups is 2. The van der Waals surface area contributed by atoms with E-state index >= 15 is 0 Å². The Balaban J connectivity index is 3.03. The molecule has 78 valence electrons. The zero-order valence-corrected chi connectivity index (χ0v) is 8.40. The van der Waals surface area contributed by atoms with Gasteiger partial charge in [-0.15, -0.1) is 0 Å². The summed E-state index contributed by atoms with van der Waals surface area (Å²) in [5.74, 6) is -0.674. The Morgan fingerprint density at radius 1 is 1.57 bits per heavy atom. The summed E-state index contributed by atoms with van der Waals surface area (Å²) in [6.07, 6.45) is -2.01. The van der Waals surface area contributed by atoms with Crippen molar-refractivity contribution in [2.45, 2.75) is 27.0 Å². The van der Waals surface area contributed by atoms with Crippen LogP contribution in [0.1, 0.15) is 20.8 Å². The van der Waals surface area contributed by atoms with Crippen molar-refractivity contribution in [3.8, 4) is 0 Å². The number of ether oxygens (including phenoxy) is 1. The lowest BCUT2D eigenvalue weighted by molar-refractivity contribution is -0.145. The first kappa shape index (κ1) is 10.6. The van der Waals surface area contributed by atoms with Gasteiger partial charge in [0.05, 0.1) is 0 Å². The van der Waals surface area contributed by atoms with Crippen molar-refractivity contribution >= 4 is 12.1 Å². The van der Waals surface area contributed by atoms with Gasteiger partial charge in [0.25, 0.3) is 0 Å². The Morgan fingerprint density at radius 3 is 2.36 bits per heavy atom. The van der Waals surface area contributed by atoms with Crippen LogP contribution in [0.25, 0.3) is 0 Å². The molecule has 0 radical (unpaired) electrons. The summed E-state index contributed by atoms with van der Waals surface area (Å²) in [4.78, 5) is 22.8. The highest BCUT2D eigenvalue weighted by atomic mass is 16.6. The average Bonchev–Trinajstić information content (AvgIpc) is 2.27. The second kappa shape index (κ2) is 3.01. The number of cyclic esters (lactones) is 1. The van der Waals surface area contributed by atoms with Crippen LogP contribution in [0.5, 0.6) is 0 Å². The number of nitrogens with zero attached hydrogens (tertiary/aromatic N) is 1. The third-order valence-electron chi connectivity index (χ3n) is 1.93. The maximum atomic E-state index is 11.1. The van der Waals surface area contributed by atoms with Gasteiger partial charge in [0, 0.05) is 5.41 Å². The van der Waals surface area contributed by atoms with Crippen LogP contribution in [0, 0.1) is 5.41 Å². The molecule has 0 aromatic heterocycles. The maximum absolute atomic E-state index is 11.1. The Labute approximate surface area is 82.0 Å². The summed E-state index contributed by atoms with van der Waals surface area (Å²) in [5, 5.41) is 8.87. The fourth-order valence-corrected chi connectivity index (χ4v) is 1.24. The molecule has 0 aliphatic carbocycles. The van der Waals surface area contributed by atoms with Gasteiger partial charge in [0.15, 0.2) is 6.23 Å². The van der Waals surface area contributed by atoms with Crippen LogP contribution >= 0.6 is 0 Å². The second-order valence-electron chi connectivity index (χ2n) is 4.22. The molecule has 1 aliphatic rings. The topological polar surface area (TPSA) is 66.8 Å². The Hall–Kier alpha value is -1.52. The molecular weight excluding hydrogens is 186 g/mol. The van der Waals surface area contributed by atoms with Crippen molar-refractivity contribution in [3.05, 3.63) is 12.3 Å². The molecule has 14 heavy (non-hydrogen) atoms. The summed E-state index contributed by atoms with van der Waals surface area (Å²) < 4.78 is 4.92. The lowest BCUT2D eigenvalue weighted by atomic mass is 9.93. The van der Waals surface area contributed by atoms with Crippen LogP contribution < -0.4 is 0 Å². The van der Waals surface area contributed by atoms with Gasteiger partial charge in [0.1, 0.15) is 5.70 Å². The molecule has 5 heteroatoms. The van der Waals surface area contributed by atoms with Crippen molar-refractivity contribution < 1.29 is 19.4 Å². The number of hydrogen-bond donors (Lipinski definition) is 1. The number of carboxylic acid groups (broad SMARTS) is 1. The van der Waals surface area contributed by atoms with E-state index < -0.39 is 23.7 Å². The third-order valence-corrected chi connectivity index (χ3v) is 1.93. The molecule has 0 spiro atoms. The molecule has 0 bridgehead atoms. The van der Waals surface area contributed by atoms with Crippen LogP contribution in [0.2, 0.25) is 0 Å². The monoisotopic (exact) mass is 199 g/mol. The molecule has 0 aromatic rings. The van der Waals surface area contributed by atoms with Gasteiger partial charge in [-0.05, 0) is 0 Å². The number of esters is 1. The smallest absolute Gasteiger partial charge is 0.415 e. The molecule has 5 nitrogen and oxygen atoms in total. The standard InChI is InChI=1S/C9H13NO4/c1-5-6(11)14-7(9(2,3)4)10(5)8(12)13/h7H,1H2,2-4H3,(H,12,13). The van der Waals surface area contributed by atoms with Gasteiger partial charge in [-0.3, -0.25) is 0 Å². The summed E-state index contributed by atoms with van der Waals surface area (Å²) in [5.41, 5.74) is -0.592. The first-order valence-electron chi connectivity index (χ1n) is 4.17. The number of rotatable bonds is 0. The Kier molecular flexibility index (Phi) is 2.27. The minimum absolute atomic E-state index is 0.127. The molecule has 1 N–H and O–H groups in total. The molecule has 1 heterocycles. The minimum atomic E-state index is -1.22. The van der Waals surface area contributed by atoms with Gasteiger partial charge >= 0.3 is 12.1 Å². The van der Waals surface area contributed by atoms with Gasteiger partial charge in [-0.1, -0.05) is 27.4 Å². The molecule has 1 atom stereocenters. The van der Waals surface area contributed by atoms with E-state index in [-0.39, 0.29) is 5.70 Å². The largest absolute Gasteiger partial charge is 0.465 e. The quantitative estimate of drug-likeness (QED) is 0.473. The van der Waals surface area contributed by atoms with Crippen molar-refractivity contribution in [1.29, 1.82) is 0 Å². The normalized spacial score (nSPS) is 22.5. The van der Waals surface area contributed by atoms with Crippen molar-refractivity contribution in [3.63, 3.8) is 0 Å². The maximum Gasteiger partial charge on any atom is 0.415 e. The highest BCUT2D eigenvalue weighted by Gasteiger charge is 2.46. The first-order chi connectivity index (χ1) is 6.25. The van der Waals surface area contributed by atoms with E-state index in [1.54, 1.807) is 20.8 Å². The van der Waals surface area contributed by atoms with Gasteiger partial charge in [-0.25, -0.2) is 14.5 Å². The molecule has 1 saturated heterocycles. The molecule has 1 unspecified atom stereocenters. The van der Waals surface area contributed by atoms with Crippen LogP contribution in [-0.4, -0.2) is 28.3 Å². The fraction of sp³-hybridized carbons (Fsp3) is 0.556. The third kappa shape index (κ3) is 1.57. The molecule has 0 saturated carbocycles. The predicted octanol–water partition coefficient (Wildman–Crippen LogP) is 1.41. The van der Waals surface area contributed by atoms with Crippen LogP contribution in [0.15, 0.2) is 12.3 Å². The average molecular weight is 199 g/mol. The number of carbonyl (C=O) groups excluding carboxylic acids is 1. The molecule has 1 rings (SSSR count). The van der Waals surface area contributed by atoms with Crippen molar-refractivity contribution in [1.82, 2.24) is 4.90 Å². The van der Waals surface area contributed by atoms with E-state index in [9.17, 15) is 9.59 Å². The van der Waals surface area contributed by atoms with E-state index in [4.69, 9.17) is 9.84 Å². The highest BCUT2D eigenvalue weighted by Crippen LogP contribution is 2.33. The van der Waals surface area contributed by atoms with Crippen molar-refractivity contribution in [2.75, 3.05) is 0 Å². The van der Waals surface area contributed by atoms with E-state index in [1.807, 2.05) is 0 Å². The van der Waals surface area contributed by atoms with Gasteiger partial charge in [-0.2, -0.15) is 0 Å². The zero-order valence-electron chi connectivity index (χ0n) is 8.40. The second-order valence-corrected chi connectivity index (χ2v) is 4.22. The summed E-state index contributed by atoms with van der Waals surface area (Å²) in [7, 11) is 0. The van der Waals surface area contributed by atoms with Crippen LogP contribution in [0.4, 0.5) is 4.79 Å². The highest BCUT2D eigenvalue weighted by molar-refractivity contribution is 5.94. The molecule has 1 aliphatic heterocycles. The zero-order chi connectivity index (χ0) is 11.1. The molecule has 1 fully saturated rings. The Bertz CT molecular complexity index is 302. The van der Waals surface area contributed by atoms with Gasteiger partial charge < -0.3 is 9.84 Å². The molecule has 0 aromatic carbocycles. The molecule has 1 amide bonds. The van der Waals surface area contributed by atoms with E-state index in [0.717, 1.165) is 4.90 Å². The Morgan fingerprint density at radius 2 is 2.07 bits per heavy atom. The summed E-state index contributed by atoms with van der Waals surface area (Å²) in [6.45, 7) is 8.75.